The molecule has 0 spiro atoms. The molecular formula is C23H47NO2S. The predicted molar refractivity (Wildman–Crippen MR) is 122 cm³/mol. The van der Waals surface area contributed by atoms with Gasteiger partial charge in [-0.3, -0.25) is 4.79 Å². The van der Waals surface area contributed by atoms with Gasteiger partial charge in [-0.2, -0.15) is 11.8 Å². The second-order valence-electron chi connectivity index (χ2n) is 8.32. The summed E-state index contributed by atoms with van der Waals surface area (Å²) < 4.78 is 6.54. The number of nitrogens with one attached hydrogen (secondary N) is 1. The number of carbonyl (C=O) groups excluding carboxylic acids is 1. The highest BCUT2D eigenvalue weighted by molar-refractivity contribution is 7.99. The van der Waals surface area contributed by atoms with Crippen molar-refractivity contribution in [3.05, 3.63) is 0 Å². The lowest BCUT2D eigenvalue weighted by atomic mass is 9.86. The van der Waals surface area contributed by atoms with Crippen LogP contribution in [-0.2, 0) is 9.53 Å². The number of unbranched alkanes of at least 4 members (excludes halogenated alkanes) is 2. The van der Waals surface area contributed by atoms with Gasteiger partial charge in [0.15, 0.2) is 0 Å². The van der Waals surface area contributed by atoms with E-state index >= 15 is 0 Å². The van der Waals surface area contributed by atoms with Gasteiger partial charge in [-0.05, 0) is 62.4 Å². The molecule has 0 aliphatic heterocycles. The van der Waals surface area contributed by atoms with Crippen LogP contribution in [0.3, 0.4) is 0 Å². The minimum Gasteiger partial charge on any atom is -0.373 e. The first-order chi connectivity index (χ1) is 12.8. The summed E-state index contributed by atoms with van der Waals surface area (Å²) in [6, 6.07) is 0. The van der Waals surface area contributed by atoms with Crippen molar-refractivity contribution >= 4 is 17.7 Å². The van der Waals surface area contributed by atoms with E-state index in [0.717, 1.165) is 44.9 Å². The van der Waals surface area contributed by atoms with Gasteiger partial charge in [0.1, 0.15) is 0 Å². The largest absolute Gasteiger partial charge is 0.373 e. The molecule has 4 heteroatoms. The number of carbonyl (C=O) groups is 1. The fourth-order valence-electron chi connectivity index (χ4n) is 3.67. The van der Waals surface area contributed by atoms with Crippen LogP contribution < -0.4 is 5.32 Å². The lowest BCUT2D eigenvalue weighted by Crippen LogP contribution is -2.53. The lowest BCUT2D eigenvalue weighted by molar-refractivity contribution is -0.128. The number of hydrogen-bond acceptors (Lipinski definition) is 3. The first-order valence-electron chi connectivity index (χ1n) is 11.3. The highest BCUT2D eigenvalue weighted by Gasteiger charge is 2.34. The van der Waals surface area contributed by atoms with Gasteiger partial charge >= 0.3 is 0 Å². The van der Waals surface area contributed by atoms with E-state index in [0.29, 0.717) is 18.9 Å². The van der Waals surface area contributed by atoms with Crippen molar-refractivity contribution in [1.29, 1.82) is 0 Å². The van der Waals surface area contributed by atoms with E-state index < -0.39 is 0 Å². The fraction of sp³-hybridized carbons (Fsp3) is 0.957. The van der Waals surface area contributed by atoms with Crippen molar-refractivity contribution in [2.75, 3.05) is 18.1 Å². The van der Waals surface area contributed by atoms with E-state index in [-0.39, 0.29) is 17.0 Å². The van der Waals surface area contributed by atoms with Crippen molar-refractivity contribution in [3.8, 4) is 0 Å². The third kappa shape index (κ3) is 10.8. The van der Waals surface area contributed by atoms with Crippen LogP contribution >= 0.6 is 11.8 Å². The minimum absolute atomic E-state index is 0.0641. The lowest BCUT2D eigenvalue weighted by Gasteiger charge is -2.40. The fourth-order valence-corrected chi connectivity index (χ4v) is 4.37. The first kappa shape index (κ1) is 26.8. The molecule has 0 aliphatic carbocycles. The van der Waals surface area contributed by atoms with Crippen LogP contribution in [0.5, 0.6) is 0 Å². The SMILES string of the molecule is CCSCCCCCC(=O)NC(CC)(CC)COC(CC)(CC)CC(C)C. The Labute approximate surface area is 174 Å². The van der Waals surface area contributed by atoms with Crippen LogP contribution in [0, 0.1) is 5.92 Å². The summed E-state index contributed by atoms with van der Waals surface area (Å²) in [4.78, 5) is 12.5. The Balaban J connectivity index is 4.65. The zero-order chi connectivity index (χ0) is 20.8. The van der Waals surface area contributed by atoms with Crippen LogP contribution in [0.4, 0.5) is 0 Å². The molecule has 0 aromatic rings. The van der Waals surface area contributed by atoms with Crippen LogP contribution in [0.2, 0.25) is 0 Å². The standard InChI is InChI=1S/C23H47NO2S/c1-8-22(9-2,19-26-23(10-3,11-4)18-20(6)7)24-21(25)16-14-13-15-17-27-12-5/h20H,8-19H2,1-7H3,(H,24,25). The molecule has 162 valence electrons. The molecule has 3 nitrogen and oxygen atoms in total. The topological polar surface area (TPSA) is 38.3 Å². The van der Waals surface area contributed by atoms with Gasteiger partial charge in [-0.1, -0.05) is 54.9 Å². The zero-order valence-corrected chi connectivity index (χ0v) is 20.1. The molecule has 0 aromatic carbocycles. The molecule has 1 N–H and O–H groups in total. The number of ether oxygens (including phenoxy) is 1. The van der Waals surface area contributed by atoms with E-state index in [1.54, 1.807) is 0 Å². The van der Waals surface area contributed by atoms with Gasteiger partial charge in [0.05, 0.1) is 17.7 Å². The summed E-state index contributed by atoms with van der Waals surface area (Å²) in [5.74, 6) is 3.20. The van der Waals surface area contributed by atoms with Crippen LogP contribution in [0.15, 0.2) is 0 Å². The molecule has 0 unspecified atom stereocenters. The number of rotatable bonds is 17. The Kier molecular flexibility index (Phi) is 14.6. The molecule has 0 saturated carbocycles. The van der Waals surface area contributed by atoms with Crippen molar-refractivity contribution in [3.63, 3.8) is 0 Å². The van der Waals surface area contributed by atoms with Crippen molar-refractivity contribution in [2.45, 2.75) is 117 Å². The predicted octanol–water partition coefficient (Wildman–Crippen LogP) is 6.60. The molecule has 0 heterocycles. The van der Waals surface area contributed by atoms with Crippen LogP contribution in [-0.4, -0.2) is 35.2 Å². The van der Waals surface area contributed by atoms with Crippen molar-refractivity contribution in [2.24, 2.45) is 5.92 Å². The Morgan fingerprint density at radius 3 is 2.07 bits per heavy atom. The monoisotopic (exact) mass is 401 g/mol. The maximum atomic E-state index is 12.5. The van der Waals surface area contributed by atoms with Gasteiger partial charge in [-0.25, -0.2) is 0 Å². The maximum absolute atomic E-state index is 12.5. The van der Waals surface area contributed by atoms with Crippen LogP contribution in [0.1, 0.15) is 106 Å². The highest BCUT2D eigenvalue weighted by atomic mass is 32.2. The molecule has 0 aliphatic rings. The van der Waals surface area contributed by atoms with Crippen molar-refractivity contribution < 1.29 is 9.53 Å². The highest BCUT2D eigenvalue weighted by Crippen LogP contribution is 2.31. The molecular weight excluding hydrogens is 354 g/mol. The Morgan fingerprint density at radius 2 is 1.59 bits per heavy atom. The molecule has 1 amide bonds. The van der Waals surface area contributed by atoms with Gasteiger partial charge in [0, 0.05) is 6.42 Å². The van der Waals surface area contributed by atoms with Crippen LogP contribution in [0.25, 0.3) is 0 Å². The molecule has 0 radical (unpaired) electrons. The molecule has 0 fully saturated rings. The molecule has 0 atom stereocenters. The van der Waals surface area contributed by atoms with E-state index in [9.17, 15) is 4.79 Å². The quantitative estimate of drug-likeness (QED) is 0.279. The maximum Gasteiger partial charge on any atom is 0.220 e. The normalized spacial score (nSPS) is 12.6. The summed E-state index contributed by atoms with van der Waals surface area (Å²) in [7, 11) is 0. The summed E-state index contributed by atoms with van der Waals surface area (Å²) in [6.07, 6.45) is 8.93. The Bertz CT molecular complexity index is 377. The average Bonchev–Trinajstić information content (AvgIpc) is 2.66. The molecule has 0 rings (SSSR count). The molecule has 0 aromatic heterocycles. The molecule has 0 saturated heterocycles. The van der Waals surface area contributed by atoms with Gasteiger partial charge in [0.2, 0.25) is 5.91 Å². The second-order valence-corrected chi connectivity index (χ2v) is 9.71. The Morgan fingerprint density at radius 1 is 0.963 bits per heavy atom. The van der Waals surface area contributed by atoms with E-state index in [4.69, 9.17) is 4.74 Å². The molecule has 27 heavy (non-hydrogen) atoms. The molecule has 0 bridgehead atoms. The van der Waals surface area contributed by atoms with Gasteiger partial charge < -0.3 is 10.1 Å². The van der Waals surface area contributed by atoms with Crippen molar-refractivity contribution in [1.82, 2.24) is 5.32 Å². The van der Waals surface area contributed by atoms with Gasteiger partial charge in [-0.15, -0.1) is 0 Å². The number of thioether (sulfide) groups is 1. The minimum atomic E-state index is -0.234. The number of hydrogen-bond donors (Lipinski definition) is 1. The van der Waals surface area contributed by atoms with E-state index in [1.165, 1.54) is 17.9 Å². The number of amides is 1. The average molecular weight is 402 g/mol. The third-order valence-corrected chi connectivity index (χ3v) is 6.86. The first-order valence-corrected chi connectivity index (χ1v) is 12.5. The smallest absolute Gasteiger partial charge is 0.220 e. The van der Waals surface area contributed by atoms with E-state index in [2.05, 4.69) is 53.8 Å². The summed E-state index contributed by atoms with van der Waals surface area (Å²) in [5, 5.41) is 3.34. The summed E-state index contributed by atoms with van der Waals surface area (Å²) in [5.41, 5.74) is -0.298. The zero-order valence-electron chi connectivity index (χ0n) is 19.3. The van der Waals surface area contributed by atoms with Gasteiger partial charge in [0.25, 0.3) is 0 Å². The summed E-state index contributed by atoms with van der Waals surface area (Å²) in [6.45, 7) is 16.1. The Hall–Kier alpha value is -0.220. The van der Waals surface area contributed by atoms with E-state index in [1.807, 2.05) is 11.8 Å². The third-order valence-electron chi connectivity index (χ3n) is 5.88. The second kappa shape index (κ2) is 14.7. The summed E-state index contributed by atoms with van der Waals surface area (Å²) >= 11 is 1.98.